The summed E-state index contributed by atoms with van der Waals surface area (Å²) in [5, 5.41) is 0. The first-order valence-corrected chi connectivity index (χ1v) is 14.1. The summed E-state index contributed by atoms with van der Waals surface area (Å²) in [5.41, 5.74) is 4.10. The predicted molar refractivity (Wildman–Crippen MR) is 156 cm³/mol. The Hall–Kier alpha value is -3.88. The van der Waals surface area contributed by atoms with Crippen molar-refractivity contribution in [2.75, 3.05) is 6.61 Å². The van der Waals surface area contributed by atoms with E-state index in [1.54, 1.807) is 24.3 Å². The van der Waals surface area contributed by atoms with Gasteiger partial charge in [-0.1, -0.05) is 109 Å². The lowest BCUT2D eigenvalue weighted by Crippen LogP contribution is -2.60. The van der Waals surface area contributed by atoms with Crippen molar-refractivity contribution < 1.29 is 32.9 Å². The maximum atomic E-state index is 15.8. The van der Waals surface area contributed by atoms with Gasteiger partial charge in [-0.3, -0.25) is 0 Å². The fourth-order valence-electron chi connectivity index (χ4n) is 4.80. The van der Waals surface area contributed by atoms with E-state index in [9.17, 15) is 4.79 Å². The standard InChI is InChI=1S/C35H35FO6/c1-25-17-19-29(20-18-25)35(37)42-33-32(40-23-28-15-9-4-10-16-28)31(39-22-27-13-7-3-8-14-27)30(41-34(33)36)24-38-21-26-11-5-2-6-12-26/h2-20,30-34H,21-24H2,1H3/t30-,31-,32+,33-,34-/m1/s1. The summed E-state index contributed by atoms with van der Waals surface area (Å²) < 4.78 is 46.0. The molecule has 0 saturated carbocycles. The summed E-state index contributed by atoms with van der Waals surface area (Å²) >= 11 is 0. The molecule has 1 aliphatic heterocycles. The van der Waals surface area contributed by atoms with Gasteiger partial charge in [-0.15, -0.1) is 0 Å². The number of carbonyl (C=O) groups is 1. The lowest BCUT2D eigenvalue weighted by Gasteiger charge is -2.43. The molecule has 7 heteroatoms. The molecule has 1 aliphatic rings. The molecule has 4 aromatic rings. The molecule has 5 atom stereocenters. The minimum Gasteiger partial charge on any atom is -0.450 e. The van der Waals surface area contributed by atoms with Crippen molar-refractivity contribution in [3.63, 3.8) is 0 Å². The van der Waals surface area contributed by atoms with Crippen LogP contribution in [0.1, 0.15) is 32.6 Å². The number of hydrogen-bond acceptors (Lipinski definition) is 6. The second-order valence-electron chi connectivity index (χ2n) is 10.3. The zero-order valence-corrected chi connectivity index (χ0v) is 23.5. The lowest BCUT2D eigenvalue weighted by molar-refractivity contribution is -0.287. The molecule has 0 aromatic heterocycles. The Bertz CT molecular complexity index is 1370. The van der Waals surface area contributed by atoms with E-state index in [1.807, 2.05) is 97.9 Å². The van der Waals surface area contributed by atoms with Gasteiger partial charge in [-0.2, -0.15) is 0 Å². The van der Waals surface area contributed by atoms with E-state index in [4.69, 9.17) is 23.7 Å². The summed E-state index contributed by atoms with van der Waals surface area (Å²) in [4.78, 5) is 13.1. The van der Waals surface area contributed by atoms with Crippen molar-refractivity contribution in [1.82, 2.24) is 0 Å². The van der Waals surface area contributed by atoms with Crippen LogP contribution in [0, 0.1) is 6.92 Å². The van der Waals surface area contributed by atoms with E-state index < -0.39 is 36.7 Å². The predicted octanol–water partition coefficient (Wildman–Crippen LogP) is 6.60. The van der Waals surface area contributed by atoms with Crippen LogP contribution in [0.15, 0.2) is 115 Å². The van der Waals surface area contributed by atoms with Crippen LogP contribution >= 0.6 is 0 Å². The molecule has 5 rings (SSSR count). The van der Waals surface area contributed by atoms with Gasteiger partial charge in [0.2, 0.25) is 6.36 Å². The van der Waals surface area contributed by atoms with E-state index in [0.29, 0.717) is 12.2 Å². The van der Waals surface area contributed by atoms with Crippen LogP contribution in [0.4, 0.5) is 4.39 Å². The Balaban J connectivity index is 1.39. The molecule has 1 heterocycles. The van der Waals surface area contributed by atoms with Crippen LogP contribution in [0.2, 0.25) is 0 Å². The van der Waals surface area contributed by atoms with Crippen molar-refractivity contribution in [2.45, 2.75) is 57.5 Å². The number of ether oxygens (including phenoxy) is 5. The van der Waals surface area contributed by atoms with Gasteiger partial charge in [-0.05, 0) is 35.7 Å². The van der Waals surface area contributed by atoms with Crippen molar-refractivity contribution in [2.24, 2.45) is 0 Å². The van der Waals surface area contributed by atoms with Gasteiger partial charge >= 0.3 is 5.97 Å². The van der Waals surface area contributed by atoms with Crippen molar-refractivity contribution in [3.05, 3.63) is 143 Å². The quantitative estimate of drug-likeness (QED) is 0.179. The maximum absolute atomic E-state index is 15.8. The average molecular weight is 571 g/mol. The molecule has 1 saturated heterocycles. The summed E-state index contributed by atoms with van der Waals surface area (Å²) in [6.07, 6.45) is -5.91. The number of benzene rings is 4. The van der Waals surface area contributed by atoms with Crippen LogP contribution in [-0.4, -0.2) is 43.3 Å². The minimum absolute atomic E-state index is 0.0542. The van der Waals surface area contributed by atoms with E-state index in [2.05, 4.69) is 0 Å². The van der Waals surface area contributed by atoms with Crippen LogP contribution in [0.3, 0.4) is 0 Å². The van der Waals surface area contributed by atoms with Crippen molar-refractivity contribution >= 4 is 5.97 Å². The molecule has 6 nitrogen and oxygen atoms in total. The number of aryl methyl sites for hydroxylation is 1. The summed E-state index contributed by atoms with van der Waals surface area (Å²) in [5.74, 6) is -0.667. The van der Waals surface area contributed by atoms with Crippen molar-refractivity contribution in [3.8, 4) is 0 Å². The number of esters is 1. The first kappa shape index (κ1) is 29.6. The molecular formula is C35H35FO6. The molecule has 4 aromatic carbocycles. The molecule has 42 heavy (non-hydrogen) atoms. The zero-order chi connectivity index (χ0) is 29.1. The van der Waals surface area contributed by atoms with Gasteiger partial charge in [0, 0.05) is 0 Å². The molecule has 0 bridgehead atoms. The maximum Gasteiger partial charge on any atom is 0.338 e. The van der Waals surface area contributed by atoms with E-state index in [0.717, 1.165) is 22.3 Å². The molecular weight excluding hydrogens is 535 g/mol. The van der Waals surface area contributed by atoms with Crippen LogP contribution < -0.4 is 0 Å². The molecule has 218 valence electrons. The number of hydrogen-bond donors (Lipinski definition) is 0. The van der Waals surface area contributed by atoms with Crippen molar-refractivity contribution in [1.29, 1.82) is 0 Å². The lowest BCUT2D eigenvalue weighted by atomic mass is 9.98. The molecule has 0 N–H and O–H groups in total. The highest BCUT2D eigenvalue weighted by Gasteiger charge is 2.50. The SMILES string of the molecule is Cc1ccc(C(=O)O[C@@H]2[C@@H](OCc3ccccc3)[C@H](OCc3ccccc3)[C@@H](COCc3ccccc3)O[C@H]2F)cc1. The third-order valence-electron chi connectivity index (χ3n) is 7.07. The molecule has 1 fully saturated rings. The number of halogens is 1. The normalized spacial score (nSPS) is 22.0. The summed E-state index contributed by atoms with van der Waals surface area (Å²) in [7, 11) is 0. The highest BCUT2D eigenvalue weighted by atomic mass is 19.1. The second kappa shape index (κ2) is 14.8. The third-order valence-corrected chi connectivity index (χ3v) is 7.07. The highest BCUT2D eigenvalue weighted by molar-refractivity contribution is 5.89. The minimum atomic E-state index is -1.96. The zero-order valence-electron chi connectivity index (χ0n) is 23.5. The average Bonchev–Trinajstić information content (AvgIpc) is 3.02. The summed E-state index contributed by atoms with van der Waals surface area (Å²) in [6.45, 7) is 2.69. The third kappa shape index (κ3) is 8.11. The van der Waals surface area contributed by atoms with E-state index in [1.165, 1.54) is 0 Å². The smallest absolute Gasteiger partial charge is 0.338 e. The Labute approximate surface area is 246 Å². The first-order valence-electron chi connectivity index (χ1n) is 14.1. The van der Waals surface area contributed by atoms with Crippen LogP contribution in [0.25, 0.3) is 0 Å². The van der Waals surface area contributed by atoms with E-state index in [-0.39, 0.29) is 19.8 Å². The number of alkyl halides is 1. The fraction of sp³-hybridized carbons (Fsp3) is 0.286. The topological polar surface area (TPSA) is 63.2 Å². The van der Waals surface area contributed by atoms with Crippen LogP contribution in [0.5, 0.6) is 0 Å². The van der Waals surface area contributed by atoms with Gasteiger partial charge in [0.05, 0.1) is 32.0 Å². The molecule has 0 unspecified atom stereocenters. The van der Waals surface area contributed by atoms with Gasteiger partial charge in [0.15, 0.2) is 6.10 Å². The first-order chi connectivity index (χ1) is 20.6. The Morgan fingerprint density at radius 3 is 1.71 bits per heavy atom. The fourth-order valence-corrected chi connectivity index (χ4v) is 4.80. The highest BCUT2D eigenvalue weighted by Crippen LogP contribution is 2.31. The number of carbonyl (C=O) groups excluding carboxylic acids is 1. The van der Waals surface area contributed by atoms with Crippen LogP contribution in [-0.2, 0) is 43.5 Å². The second-order valence-corrected chi connectivity index (χ2v) is 10.3. The largest absolute Gasteiger partial charge is 0.450 e. The Kier molecular flexibility index (Phi) is 10.5. The van der Waals surface area contributed by atoms with Gasteiger partial charge in [0.25, 0.3) is 0 Å². The summed E-state index contributed by atoms with van der Waals surface area (Å²) in [6, 6.07) is 35.8. The molecule has 0 spiro atoms. The molecule has 0 aliphatic carbocycles. The monoisotopic (exact) mass is 570 g/mol. The van der Waals surface area contributed by atoms with Gasteiger partial charge in [-0.25, -0.2) is 9.18 Å². The molecule has 0 radical (unpaired) electrons. The van der Waals surface area contributed by atoms with Gasteiger partial charge < -0.3 is 23.7 Å². The Morgan fingerprint density at radius 2 is 1.17 bits per heavy atom. The Morgan fingerprint density at radius 1 is 0.667 bits per heavy atom. The molecule has 0 amide bonds. The van der Waals surface area contributed by atoms with Gasteiger partial charge in [0.1, 0.15) is 18.3 Å². The number of rotatable bonds is 12. The van der Waals surface area contributed by atoms with E-state index >= 15 is 4.39 Å².